The quantitative estimate of drug-likeness (QED) is 0.870. The first-order valence-corrected chi connectivity index (χ1v) is 7.42. The number of nitrogens with one attached hydrogen (secondary N) is 2. The largest absolute Gasteiger partial charge is 0.353 e. The van der Waals surface area contributed by atoms with E-state index in [0.29, 0.717) is 12.5 Å². The molecule has 1 aromatic rings. The maximum atomic E-state index is 12.1. The molecule has 102 valence electrons. The molecule has 3 nitrogen and oxygen atoms in total. The lowest BCUT2D eigenvalue weighted by atomic mass is 9.93. The molecule has 0 aromatic heterocycles. The van der Waals surface area contributed by atoms with Crippen LogP contribution >= 0.6 is 0 Å². The summed E-state index contributed by atoms with van der Waals surface area (Å²) in [5.41, 5.74) is 3.97. The standard InChI is InChI=1S/C16H22N2O/c19-16(18-14-6-1-2-7-14)10-12-4-3-5-13-11-17-9-8-15(12)13/h3-5,14,17H,1-2,6-11H2,(H,18,19). The van der Waals surface area contributed by atoms with Gasteiger partial charge in [-0.15, -0.1) is 0 Å². The molecule has 0 saturated heterocycles. The Balaban J connectivity index is 1.67. The number of benzene rings is 1. The highest BCUT2D eigenvalue weighted by Gasteiger charge is 2.19. The molecule has 1 aromatic carbocycles. The molecular formula is C16H22N2O. The van der Waals surface area contributed by atoms with E-state index in [9.17, 15) is 4.79 Å². The summed E-state index contributed by atoms with van der Waals surface area (Å²) in [5, 5.41) is 6.56. The fourth-order valence-electron chi connectivity index (χ4n) is 3.30. The van der Waals surface area contributed by atoms with Crippen LogP contribution in [0.15, 0.2) is 18.2 Å². The molecule has 1 aliphatic heterocycles. The van der Waals surface area contributed by atoms with Crippen molar-refractivity contribution in [2.24, 2.45) is 0 Å². The SMILES string of the molecule is O=C(Cc1cccc2c1CCNC2)NC1CCCC1. The predicted molar refractivity (Wildman–Crippen MR) is 76.0 cm³/mol. The van der Waals surface area contributed by atoms with Crippen molar-refractivity contribution in [3.63, 3.8) is 0 Å². The van der Waals surface area contributed by atoms with Crippen LogP contribution in [-0.2, 0) is 24.2 Å². The number of carbonyl (C=O) groups excluding carboxylic acids is 1. The van der Waals surface area contributed by atoms with Gasteiger partial charge in [0.1, 0.15) is 0 Å². The first kappa shape index (κ1) is 12.7. The van der Waals surface area contributed by atoms with Crippen LogP contribution in [0.1, 0.15) is 42.4 Å². The van der Waals surface area contributed by atoms with E-state index in [-0.39, 0.29) is 5.91 Å². The highest BCUT2D eigenvalue weighted by molar-refractivity contribution is 5.79. The normalized spacial score (nSPS) is 19.2. The molecule has 2 N–H and O–H groups in total. The van der Waals surface area contributed by atoms with E-state index in [1.54, 1.807) is 0 Å². The van der Waals surface area contributed by atoms with Crippen LogP contribution < -0.4 is 10.6 Å². The van der Waals surface area contributed by atoms with Gasteiger partial charge in [0.2, 0.25) is 5.91 Å². The summed E-state index contributed by atoms with van der Waals surface area (Å²) in [4.78, 5) is 12.1. The summed E-state index contributed by atoms with van der Waals surface area (Å²) in [6.45, 7) is 1.96. The topological polar surface area (TPSA) is 41.1 Å². The minimum absolute atomic E-state index is 0.193. The van der Waals surface area contributed by atoms with Gasteiger partial charge in [-0.05, 0) is 42.5 Å². The van der Waals surface area contributed by atoms with Crippen molar-refractivity contribution in [2.45, 2.75) is 51.1 Å². The number of hydrogen-bond acceptors (Lipinski definition) is 2. The molecule has 2 aliphatic rings. The van der Waals surface area contributed by atoms with Crippen molar-refractivity contribution in [3.8, 4) is 0 Å². The van der Waals surface area contributed by atoms with Crippen molar-refractivity contribution in [1.82, 2.24) is 10.6 Å². The lowest BCUT2D eigenvalue weighted by Crippen LogP contribution is -2.34. The van der Waals surface area contributed by atoms with Gasteiger partial charge in [-0.2, -0.15) is 0 Å². The van der Waals surface area contributed by atoms with Crippen molar-refractivity contribution in [1.29, 1.82) is 0 Å². The number of amides is 1. The van der Waals surface area contributed by atoms with Gasteiger partial charge >= 0.3 is 0 Å². The van der Waals surface area contributed by atoms with Gasteiger partial charge in [-0.25, -0.2) is 0 Å². The first-order chi connectivity index (χ1) is 9.33. The number of rotatable bonds is 3. The Hall–Kier alpha value is -1.35. The van der Waals surface area contributed by atoms with E-state index in [2.05, 4.69) is 28.8 Å². The van der Waals surface area contributed by atoms with Crippen molar-refractivity contribution >= 4 is 5.91 Å². The zero-order valence-electron chi connectivity index (χ0n) is 11.4. The zero-order valence-corrected chi connectivity index (χ0v) is 11.4. The van der Waals surface area contributed by atoms with Gasteiger partial charge < -0.3 is 10.6 Å². The lowest BCUT2D eigenvalue weighted by Gasteiger charge is -2.20. The molecular weight excluding hydrogens is 236 g/mol. The average Bonchev–Trinajstić information content (AvgIpc) is 2.92. The number of carbonyl (C=O) groups is 1. The van der Waals surface area contributed by atoms with Gasteiger partial charge in [0.15, 0.2) is 0 Å². The maximum Gasteiger partial charge on any atom is 0.224 e. The summed E-state index contributed by atoms with van der Waals surface area (Å²) in [6.07, 6.45) is 6.42. The Labute approximate surface area is 114 Å². The first-order valence-electron chi connectivity index (χ1n) is 7.42. The van der Waals surface area contributed by atoms with Crippen LogP contribution in [0.4, 0.5) is 0 Å². The van der Waals surface area contributed by atoms with Crippen LogP contribution in [0.5, 0.6) is 0 Å². The van der Waals surface area contributed by atoms with E-state index in [1.807, 2.05) is 0 Å². The third kappa shape index (κ3) is 2.98. The molecule has 0 atom stereocenters. The van der Waals surface area contributed by atoms with Gasteiger partial charge in [-0.1, -0.05) is 31.0 Å². The van der Waals surface area contributed by atoms with Crippen LogP contribution in [0.2, 0.25) is 0 Å². The minimum atomic E-state index is 0.193. The third-order valence-electron chi connectivity index (χ3n) is 4.31. The van der Waals surface area contributed by atoms with Crippen molar-refractivity contribution in [3.05, 3.63) is 34.9 Å². The van der Waals surface area contributed by atoms with Crippen LogP contribution in [0, 0.1) is 0 Å². The second-order valence-corrected chi connectivity index (χ2v) is 5.71. The molecule has 1 heterocycles. The fourth-order valence-corrected chi connectivity index (χ4v) is 3.30. The summed E-state index contributed by atoms with van der Waals surface area (Å²) < 4.78 is 0. The molecule has 1 fully saturated rings. The molecule has 3 heteroatoms. The Bertz CT molecular complexity index is 464. The zero-order chi connectivity index (χ0) is 13.1. The minimum Gasteiger partial charge on any atom is -0.353 e. The Kier molecular flexibility index (Phi) is 3.83. The van der Waals surface area contributed by atoms with E-state index >= 15 is 0 Å². The molecule has 1 saturated carbocycles. The van der Waals surface area contributed by atoms with E-state index < -0.39 is 0 Å². The Morgan fingerprint density at radius 3 is 3.00 bits per heavy atom. The monoisotopic (exact) mass is 258 g/mol. The van der Waals surface area contributed by atoms with Gasteiger partial charge in [0.25, 0.3) is 0 Å². The highest BCUT2D eigenvalue weighted by Crippen LogP contribution is 2.20. The average molecular weight is 258 g/mol. The molecule has 1 aliphatic carbocycles. The fraction of sp³-hybridized carbons (Fsp3) is 0.562. The molecule has 3 rings (SSSR count). The summed E-state index contributed by atoms with van der Waals surface area (Å²) in [5.74, 6) is 0.193. The van der Waals surface area contributed by atoms with Crippen LogP contribution in [0.25, 0.3) is 0 Å². The molecule has 0 spiro atoms. The van der Waals surface area contributed by atoms with Gasteiger partial charge in [0, 0.05) is 12.6 Å². The molecule has 0 radical (unpaired) electrons. The van der Waals surface area contributed by atoms with Gasteiger partial charge in [-0.3, -0.25) is 4.79 Å². The number of fused-ring (bicyclic) bond motifs is 1. The smallest absolute Gasteiger partial charge is 0.224 e. The highest BCUT2D eigenvalue weighted by atomic mass is 16.1. The van der Waals surface area contributed by atoms with E-state index in [1.165, 1.54) is 29.5 Å². The van der Waals surface area contributed by atoms with E-state index in [4.69, 9.17) is 0 Å². The maximum absolute atomic E-state index is 12.1. The molecule has 19 heavy (non-hydrogen) atoms. The lowest BCUT2D eigenvalue weighted by molar-refractivity contribution is -0.121. The second kappa shape index (κ2) is 5.74. The summed E-state index contributed by atoms with van der Waals surface area (Å²) >= 11 is 0. The Morgan fingerprint density at radius 1 is 1.32 bits per heavy atom. The molecule has 1 amide bonds. The molecule has 0 unspecified atom stereocenters. The second-order valence-electron chi connectivity index (χ2n) is 5.71. The summed E-state index contributed by atoms with van der Waals surface area (Å²) in [7, 11) is 0. The summed E-state index contributed by atoms with van der Waals surface area (Å²) in [6, 6.07) is 6.77. The van der Waals surface area contributed by atoms with Crippen LogP contribution in [0.3, 0.4) is 0 Å². The van der Waals surface area contributed by atoms with Crippen molar-refractivity contribution in [2.75, 3.05) is 6.54 Å². The third-order valence-corrected chi connectivity index (χ3v) is 4.31. The van der Waals surface area contributed by atoms with Gasteiger partial charge in [0.05, 0.1) is 6.42 Å². The molecule has 0 bridgehead atoms. The predicted octanol–water partition coefficient (Wildman–Crippen LogP) is 1.93. The van der Waals surface area contributed by atoms with Crippen LogP contribution in [-0.4, -0.2) is 18.5 Å². The number of hydrogen-bond donors (Lipinski definition) is 2. The van der Waals surface area contributed by atoms with E-state index in [0.717, 1.165) is 32.4 Å². The Morgan fingerprint density at radius 2 is 2.16 bits per heavy atom. The van der Waals surface area contributed by atoms with Crippen molar-refractivity contribution < 1.29 is 4.79 Å².